The second kappa shape index (κ2) is 11.9. The number of hydrogen-bond donors (Lipinski definition) is 0. The Bertz CT molecular complexity index is 1340. The monoisotopic (exact) mass is 546 g/mol. The zero-order chi connectivity index (χ0) is 26.5. The quantitative estimate of drug-likeness (QED) is 0.173. The van der Waals surface area contributed by atoms with Gasteiger partial charge in [-0.15, -0.1) is 0 Å². The number of aryl methyl sites for hydroxylation is 4. The molecule has 1 aliphatic heterocycles. The van der Waals surface area contributed by atoms with E-state index < -0.39 is 0 Å². The van der Waals surface area contributed by atoms with Gasteiger partial charge in [0.25, 0.3) is 0 Å². The summed E-state index contributed by atoms with van der Waals surface area (Å²) in [6.07, 6.45) is 4.09. The van der Waals surface area contributed by atoms with Crippen LogP contribution >= 0.6 is 22.7 Å². The molecule has 0 N–H and O–H groups in total. The largest absolute Gasteiger partial charge is 0.408 e. The molecular formula is C28H34N8S2+2. The average molecular weight is 547 g/mol. The maximum atomic E-state index is 4.52. The first kappa shape index (κ1) is 26.1. The van der Waals surface area contributed by atoms with E-state index in [0.29, 0.717) is 0 Å². The van der Waals surface area contributed by atoms with Crippen molar-refractivity contribution in [2.24, 2.45) is 20.5 Å². The first-order valence-electron chi connectivity index (χ1n) is 13.0. The summed E-state index contributed by atoms with van der Waals surface area (Å²) < 4.78 is 4.20. The molecule has 1 saturated heterocycles. The minimum absolute atomic E-state index is 0.894. The van der Waals surface area contributed by atoms with Gasteiger partial charge in [0, 0.05) is 48.3 Å². The topological polar surface area (TPSA) is 63.7 Å². The van der Waals surface area contributed by atoms with Crippen molar-refractivity contribution in [1.82, 2.24) is 0 Å². The zero-order valence-electron chi connectivity index (χ0n) is 22.4. The lowest BCUT2D eigenvalue weighted by Crippen LogP contribution is -2.46. The highest BCUT2D eigenvalue weighted by molar-refractivity contribution is 7.13. The molecule has 1 fully saturated rings. The van der Waals surface area contributed by atoms with Crippen LogP contribution in [0, 0.1) is 13.8 Å². The third-order valence-electron chi connectivity index (χ3n) is 6.86. The van der Waals surface area contributed by atoms with Crippen LogP contribution in [0.25, 0.3) is 0 Å². The summed E-state index contributed by atoms with van der Waals surface area (Å²) in [4.78, 5) is 4.91. The maximum Gasteiger partial charge on any atom is 0.408 e. The summed E-state index contributed by atoms with van der Waals surface area (Å²) in [6.45, 7) is 14.1. The van der Waals surface area contributed by atoms with Crippen LogP contribution in [0.2, 0.25) is 0 Å². The van der Waals surface area contributed by atoms with E-state index >= 15 is 0 Å². The van der Waals surface area contributed by atoms with Crippen molar-refractivity contribution in [2.45, 2.75) is 40.8 Å². The highest BCUT2D eigenvalue weighted by atomic mass is 32.1. The molecule has 38 heavy (non-hydrogen) atoms. The van der Waals surface area contributed by atoms with E-state index in [1.807, 2.05) is 23.2 Å². The second-order valence-corrected chi connectivity index (χ2v) is 11.0. The maximum absolute atomic E-state index is 4.52. The van der Waals surface area contributed by atoms with Crippen molar-refractivity contribution in [3.8, 4) is 0 Å². The molecule has 0 bridgehead atoms. The Morgan fingerprint density at radius 2 is 1.08 bits per heavy atom. The first-order chi connectivity index (χ1) is 18.6. The molecule has 0 radical (unpaired) electrons. The van der Waals surface area contributed by atoms with Gasteiger partial charge in [0.05, 0.1) is 23.3 Å². The minimum atomic E-state index is 0.894. The Balaban J connectivity index is 1.20. The van der Waals surface area contributed by atoms with Gasteiger partial charge in [-0.1, -0.05) is 0 Å². The van der Waals surface area contributed by atoms with Crippen molar-refractivity contribution >= 4 is 55.7 Å². The summed E-state index contributed by atoms with van der Waals surface area (Å²) >= 11 is 3.21. The van der Waals surface area contributed by atoms with Crippen molar-refractivity contribution in [1.29, 1.82) is 0 Å². The van der Waals surface area contributed by atoms with Crippen LogP contribution in [0.1, 0.15) is 25.0 Å². The smallest absolute Gasteiger partial charge is 0.368 e. The fourth-order valence-corrected chi connectivity index (χ4v) is 6.03. The lowest BCUT2D eigenvalue weighted by Gasteiger charge is -2.37. The Morgan fingerprint density at radius 3 is 1.45 bits per heavy atom. The van der Waals surface area contributed by atoms with Crippen molar-refractivity contribution in [3.05, 3.63) is 70.7 Å². The predicted octanol–water partition coefficient (Wildman–Crippen LogP) is 7.20. The fraction of sp³-hybridized carbons (Fsp3) is 0.357. The Hall–Kier alpha value is -3.50. The standard InChI is InChI=1S/C28H34N8S2/c1-5-33-15-17-37-27(33)31-29-25-9-7-23(19-21(25)3)35-11-13-36(14-12-35)24-8-10-26(22(4)20-24)30-32-28-34(6-2)16-18-38-28/h7-10,15-20H,5-6,11-14H2,1-4H3/q+2. The van der Waals surface area contributed by atoms with Crippen molar-refractivity contribution in [2.75, 3.05) is 36.0 Å². The number of benzene rings is 2. The van der Waals surface area contributed by atoms with Gasteiger partial charge in [0.2, 0.25) is 0 Å². The molecule has 0 atom stereocenters. The molecule has 0 spiro atoms. The summed E-state index contributed by atoms with van der Waals surface area (Å²) in [5.41, 5.74) is 6.59. The van der Waals surface area contributed by atoms with Crippen LogP contribution in [0.3, 0.4) is 0 Å². The highest BCUT2D eigenvalue weighted by Crippen LogP contribution is 2.30. The molecule has 1 aliphatic rings. The average Bonchev–Trinajstić information content (AvgIpc) is 3.60. The number of anilines is 2. The molecule has 196 valence electrons. The lowest BCUT2D eigenvalue weighted by atomic mass is 10.1. The normalized spacial score (nSPS) is 14.3. The minimum Gasteiger partial charge on any atom is -0.368 e. The van der Waals surface area contributed by atoms with Gasteiger partial charge in [-0.3, -0.25) is 0 Å². The third kappa shape index (κ3) is 5.81. The number of nitrogens with zero attached hydrogens (tertiary/aromatic N) is 8. The SMILES string of the molecule is CC[n+]1ccsc1/N=N/c1ccc(N2CCN(c3ccc(/N=N/c4scc[n+]4CC)c(C)c3)CC2)cc1C. The van der Waals surface area contributed by atoms with E-state index in [4.69, 9.17) is 0 Å². The van der Waals surface area contributed by atoms with Crippen LogP contribution in [0.15, 0.2) is 80.0 Å². The van der Waals surface area contributed by atoms with Gasteiger partial charge in [-0.05, 0) is 108 Å². The number of azo groups is 2. The molecule has 8 nitrogen and oxygen atoms in total. The number of hydrogen-bond acceptors (Lipinski definition) is 8. The zero-order valence-corrected chi connectivity index (χ0v) is 24.0. The van der Waals surface area contributed by atoms with E-state index in [1.165, 1.54) is 11.4 Å². The summed E-state index contributed by atoms with van der Waals surface area (Å²) in [5, 5.41) is 23.9. The summed E-state index contributed by atoms with van der Waals surface area (Å²) in [5.74, 6) is 0. The second-order valence-electron chi connectivity index (χ2n) is 9.26. The molecule has 2 aromatic heterocycles. The van der Waals surface area contributed by atoms with E-state index in [1.54, 1.807) is 22.7 Å². The van der Waals surface area contributed by atoms with Crippen molar-refractivity contribution < 1.29 is 9.13 Å². The van der Waals surface area contributed by atoms with Crippen LogP contribution in [0.5, 0.6) is 0 Å². The molecule has 0 aliphatic carbocycles. The molecule has 5 rings (SSSR count). The lowest BCUT2D eigenvalue weighted by molar-refractivity contribution is -0.677. The predicted molar refractivity (Wildman–Crippen MR) is 156 cm³/mol. The highest BCUT2D eigenvalue weighted by Gasteiger charge is 2.19. The molecule has 0 amide bonds. The molecule has 0 saturated carbocycles. The molecule has 3 heterocycles. The van der Waals surface area contributed by atoms with E-state index in [-0.39, 0.29) is 0 Å². The van der Waals surface area contributed by atoms with Crippen LogP contribution in [-0.2, 0) is 13.1 Å². The fourth-order valence-electron chi connectivity index (χ4n) is 4.55. The van der Waals surface area contributed by atoms with Crippen LogP contribution in [0.4, 0.5) is 33.0 Å². The third-order valence-corrected chi connectivity index (χ3v) is 8.43. The Labute approximate surface area is 232 Å². The van der Waals surface area contributed by atoms with Gasteiger partial charge in [-0.25, -0.2) is 9.13 Å². The molecule has 4 aromatic rings. The Kier molecular flexibility index (Phi) is 8.19. The van der Waals surface area contributed by atoms with Gasteiger partial charge >= 0.3 is 10.3 Å². The van der Waals surface area contributed by atoms with Gasteiger partial charge in [0.15, 0.2) is 0 Å². The summed E-state index contributed by atoms with van der Waals surface area (Å²) in [7, 11) is 0. The number of piperazine rings is 1. The van der Waals surface area contributed by atoms with E-state index in [2.05, 4.69) is 103 Å². The van der Waals surface area contributed by atoms with Gasteiger partial charge in [0.1, 0.15) is 23.8 Å². The number of aromatic nitrogens is 2. The summed E-state index contributed by atoms with van der Waals surface area (Å²) in [6, 6.07) is 13.0. The number of rotatable bonds is 8. The molecule has 0 unspecified atom stereocenters. The van der Waals surface area contributed by atoms with Crippen LogP contribution < -0.4 is 18.9 Å². The Morgan fingerprint density at radius 1 is 0.658 bits per heavy atom. The van der Waals surface area contributed by atoms with E-state index in [0.717, 1.165) is 72.0 Å². The molecule has 2 aromatic carbocycles. The number of thiazole rings is 2. The first-order valence-corrected chi connectivity index (χ1v) is 14.8. The van der Waals surface area contributed by atoms with Crippen LogP contribution in [-0.4, -0.2) is 26.2 Å². The van der Waals surface area contributed by atoms with E-state index in [9.17, 15) is 0 Å². The van der Waals surface area contributed by atoms with Gasteiger partial charge in [-0.2, -0.15) is 0 Å². The van der Waals surface area contributed by atoms with Crippen molar-refractivity contribution in [3.63, 3.8) is 0 Å². The molecular weight excluding hydrogens is 512 g/mol. The van der Waals surface area contributed by atoms with Gasteiger partial charge < -0.3 is 9.80 Å². The molecule has 10 heteroatoms.